The second kappa shape index (κ2) is 4.34. The molecule has 1 aliphatic rings. The fraction of sp³-hybridized carbons (Fsp3) is 0.875. The summed E-state index contributed by atoms with van der Waals surface area (Å²) in [5, 5.41) is 3.00. The first-order valence-corrected chi connectivity index (χ1v) is 4.41. The van der Waals surface area contributed by atoms with Gasteiger partial charge in [0.05, 0.1) is 6.54 Å². The van der Waals surface area contributed by atoms with Crippen molar-refractivity contribution in [1.29, 1.82) is 0 Å². The van der Waals surface area contributed by atoms with E-state index in [-0.39, 0.29) is 5.91 Å². The van der Waals surface area contributed by atoms with E-state index in [1.807, 2.05) is 0 Å². The van der Waals surface area contributed by atoms with Crippen LogP contribution in [0.1, 0.15) is 32.1 Å². The Morgan fingerprint density at radius 1 is 1.55 bits per heavy atom. The zero-order valence-electron chi connectivity index (χ0n) is 6.94. The highest BCUT2D eigenvalue weighted by molar-refractivity contribution is 5.76. The lowest BCUT2D eigenvalue weighted by Gasteiger charge is -2.12. The van der Waals surface area contributed by atoms with Crippen LogP contribution in [0.4, 0.5) is 0 Å². The summed E-state index contributed by atoms with van der Waals surface area (Å²) in [7, 11) is 0. The number of carbonyl (C=O) groups is 1. The minimum absolute atomic E-state index is 0.223. The Kier molecular flexibility index (Phi) is 3.36. The molecular formula is C8H17N2O+. The Morgan fingerprint density at radius 2 is 2.36 bits per heavy atom. The lowest BCUT2D eigenvalue weighted by molar-refractivity contribution is -0.369. The molecule has 3 heteroatoms. The molecule has 1 amide bonds. The van der Waals surface area contributed by atoms with E-state index in [9.17, 15) is 4.79 Å². The van der Waals surface area contributed by atoms with Crippen molar-refractivity contribution in [1.82, 2.24) is 5.32 Å². The van der Waals surface area contributed by atoms with Crippen molar-refractivity contribution in [3.8, 4) is 0 Å². The Bertz CT molecular complexity index is 136. The van der Waals surface area contributed by atoms with Gasteiger partial charge in [-0.1, -0.05) is 6.42 Å². The Morgan fingerprint density at radius 3 is 3.09 bits per heavy atom. The molecule has 1 aliphatic heterocycles. The van der Waals surface area contributed by atoms with Gasteiger partial charge in [0, 0.05) is 18.9 Å². The van der Waals surface area contributed by atoms with Crippen molar-refractivity contribution >= 4 is 5.91 Å². The summed E-state index contributed by atoms with van der Waals surface area (Å²) in [5.74, 6) is 0.223. The molecule has 1 atom stereocenters. The van der Waals surface area contributed by atoms with Gasteiger partial charge < -0.3 is 11.1 Å². The third-order valence-corrected chi connectivity index (χ3v) is 2.12. The first kappa shape index (κ1) is 8.53. The summed E-state index contributed by atoms with van der Waals surface area (Å²) < 4.78 is 0. The van der Waals surface area contributed by atoms with Gasteiger partial charge >= 0.3 is 0 Å². The number of carbonyl (C=O) groups excluding carboxylic acids is 1. The third kappa shape index (κ3) is 2.89. The standard InChI is InChI=1S/C8H16N2O/c9-6-5-7-3-1-2-4-8(11)10-7/h7H,1-6,9H2,(H,10,11)/p+1/t7-/m0/s1. The van der Waals surface area contributed by atoms with Crippen LogP contribution in [0.25, 0.3) is 0 Å². The molecule has 0 aromatic carbocycles. The van der Waals surface area contributed by atoms with Gasteiger partial charge in [0.1, 0.15) is 0 Å². The maximum atomic E-state index is 11.0. The topological polar surface area (TPSA) is 56.7 Å². The van der Waals surface area contributed by atoms with Crippen LogP contribution >= 0.6 is 0 Å². The summed E-state index contributed by atoms with van der Waals surface area (Å²) in [4.78, 5) is 11.0. The summed E-state index contributed by atoms with van der Waals surface area (Å²) in [5.41, 5.74) is 3.78. The summed E-state index contributed by atoms with van der Waals surface area (Å²) in [6, 6.07) is 0.405. The summed E-state index contributed by atoms with van der Waals surface area (Å²) in [6.07, 6.45) is 5.13. The van der Waals surface area contributed by atoms with Gasteiger partial charge in [-0.05, 0) is 12.8 Å². The monoisotopic (exact) mass is 157 g/mol. The van der Waals surface area contributed by atoms with Gasteiger partial charge in [0.15, 0.2) is 0 Å². The number of hydrogen-bond acceptors (Lipinski definition) is 1. The minimum atomic E-state index is 0.223. The highest BCUT2D eigenvalue weighted by Gasteiger charge is 2.15. The Hall–Kier alpha value is -0.570. The highest BCUT2D eigenvalue weighted by Crippen LogP contribution is 2.10. The van der Waals surface area contributed by atoms with Crippen LogP contribution in [-0.2, 0) is 4.79 Å². The lowest BCUT2D eigenvalue weighted by atomic mass is 10.1. The SMILES string of the molecule is [NH3+]CC[C@@H]1CCCCC(=O)N1. The van der Waals surface area contributed by atoms with Gasteiger partial charge in [0.25, 0.3) is 0 Å². The molecule has 1 fully saturated rings. The minimum Gasteiger partial charge on any atom is -0.357 e. The van der Waals surface area contributed by atoms with Crippen molar-refractivity contribution in [3.63, 3.8) is 0 Å². The van der Waals surface area contributed by atoms with E-state index in [0.29, 0.717) is 12.5 Å². The van der Waals surface area contributed by atoms with Crippen LogP contribution in [0.5, 0.6) is 0 Å². The zero-order chi connectivity index (χ0) is 8.10. The molecule has 64 valence electrons. The fourth-order valence-electron chi connectivity index (χ4n) is 1.51. The van der Waals surface area contributed by atoms with E-state index in [1.165, 1.54) is 6.42 Å². The van der Waals surface area contributed by atoms with E-state index >= 15 is 0 Å². The quantitative estimate of drug-likeness (QED) is 0.567. The predicted octanol–water partition coefficient (Wildman–Crippen LogP) is -0.323. The normalized spacial score (nSPS) is 25.9. The Balaban J connectivity index is 2.33. The van der Waals surface area contributed by atoms with Crippen LogP contribution in [0.2, 0.25) is 0 Å². The molecule has 0 aliphatic carbocycles. The molecule has 0 radical (unpaired) electrons. The number of rotatable bonds is 2. The van der Waals surface area contributed by atoms with Crippen LogP contribution in [0.15, 0.2) is 0 Å². The van der Waals surface area contributed by atoms with Crippen molar-refractivity contribution in [2.75, 3.05) is 6.54 Å². The molecule has 1 rings (SSSR count). The number of hydrogen-bond donors (Lipinski definition) is 2. The molecule has 1 saturated heterocycles. The van der Waals surface area contributed by atoms with Crippen LogP contribution in [0, 0.1) is 0 Å². The zero-order valence-corrected chi connectivity index (χ0v) is 6.94. The third-order valence-electron chi connectivity index (χ3n) is 2.12. The van der Waals surface area contributed by atoms with E-state index in [1.54, 1.807) is 0 Å². The van der Waals surface area contributed by atoms with Gasteiger partial charge in [-0.3, -0.25) is 4.79 Å². The highest BCUT2D eigenvalue weighted by atomic mass is 16.1. The molecular weight excluding hydrogens is 140 g/mol. The second-order valence-corrected chi connectivity index (χ2v) is 3.15. The lowest BCUT2D eigenvalue weighted by Crippen LogP contribution is -2.52. The maximum Gasteiger partial charge on any atom is 0.220 e. The number of amides is 1. The van der Waals surface area contributed by atoms with Crippen molar-refractivity contribution in [2.24, 2.45) is 0 Å². The molecule has 4 N–H and O–H groups in total. The largest absolute Gasteiger partial charge is 0.357 e. The molecule has 3 nitrogen and oxygen atoms in total. The maximum absolute atomic E-state index is 11.0. The molecule has 1 heterocycles. The Labute approximate surface area is 67.3 Å². The average molecular weight is 157 g/mol. The van der Waals surface area contributed by atoms with Crippen LogP contribution < -0.4 is 11.1 Å². The fourth-order valence-corrected chi connectivity index (χ4v) is 1.51. The van der Waals surface area contributed by atoms with E-state index < -0.39 is 0 Å². The number of quaternary nitrogens is 1. The van der Waals surface area contributed by atoms with E-state index in [0.717, 1.165) is 25.8 Å². The first-order valence-electron chi connectivity index (χ1n) is 4.41. The van der Waals surface area contributed by atoms with E-state index in [4.69, 9.17) is 0 Å². The van der Waals surface area contributed by atoms with Gasteiger partial charge in [-0.2, -0.15) is 0 Å². The summed E-state index contributed by atoms with van der Waals surface area (Å²) in [6.45, 7) is 0.922. The molecule has 0 aromatic rings. The second-order valence-electron chi connectivity index (χ2n) is 3.15. The van der Waals surface area contributed by atoms with Gasteiger partial charge in [0.2, 0.25) is 5.91 Å². The van der Waals surface area contributed by atoms with Crippen molar-refractivity contribution in [2.45, 2.75) is 38.1 Å². The molecule has 0 spiro atoms. The number of nitrogens with one attached hydrogen (secondary N) is 1. The van der Waals surface area contributed by atoms with E-state index in [2.05, 4.69) is 11.1 Å². The van der Waals surface area contributed by atoms with Gasteiger partial charge in [-0.25, -0.2) is 0 Å². The molecule has 0 saturated carbocycles. The molecule has 11 heavy (non-hydrogen) atoms. The molecule has 0 bridgehead atoms. The van der Waals surface area contributed by atoms with Crippen molar-refractivity contribution < 1.29 is 10.5 Å². The van der Waals surface area contributed by atoms with Crippen molar-refractivity contribution in [3.05, 3.63) is 0 Å². The van der Waals surface area contributed by atoms with Gasteiger partial charge in [-0.15, -0.1) is 0 Å². The smallest absolute Gasteiger partial charge is 0.220 e. The predicted molar refractivity (Wildman–Crippen MR) is 42.8 cm³/mol. The summed E-state index contributed by atoms with van der Waals surface area (Å²) >= 11 is 0. The van der Waals surface area contributed by atoms with Crippen LogP contribution in [-0.4, -0.2) is 18.5 Å². The average Bonchev–Trinajstić information content (AvgIpc) is 2.15. The van der Waals surface area contributed by atoms with Crippen LogP contribution in [0.3, 0.4) is 0 Å². The first-order chi connectivity index (χ1) is 5.33. The molecule has 0 unspecified atom stereocenters. The molecule has 0 aromatic heterocycles.